The molecule has 2 heteroatoms. The molecule has 0 heterocycles. The van der Waals surface area contributed by atoms with Gasteiger partial charge in [0.15, 0.2) is 0 Å². The molecule has 0 atom stereocenters. The predicted octanol–water partition coefficient (Wildman–Crippen LogP) is 3.64. The smallest absolute Gasteiger partial charge is 0.126 e. The molecule has 0 aromatic heterocycles. The molecule has 0 saturated heterocycles. The van der Waals surface area contributed by atoms with Crippen LogP contribution in [0.1, 0.15) is 19.4 Å². The van der Waals surface area contributed by atoms with E-state index >= 15 is 0 Å². The molecule has 0 aliphatic rings. The molecule has 1 N–H and O–H groups in total. The van der Waals surface area contributed by atoms with Crippen LogP contribution in [0.25, 0.3) is 10.8 Å². The van der Waals surface area contributed by atoms with Gasteiger partial charge in [-0.15, -0.1) is 0 Å². The number of benzene rings is 2. The first kappa shape index (κ1) is 14.5. The molecule has 2 aromatic carbocycles. The zero-order valence-electron chi connectivity index (χ0n) is 11.8. The van der Waals surface area contributed by atoms with Crippen molar-refractivity contribution in [2.45, 2.75) is 20.3 Å². The van der Waals surface area contributed by atoms with Crippen LogP contribution in [0.3, 0.4) is 0 Å². The highest BCUT2D eigenvalue weighted by Crippen LogP contribution is 2.26. The molecular weight excluding hydrogens is 222 g/mol. The summed E-state index contributed by atoms with van der Waals surface area (Å²) in [4.78, 5) is 0. The van der Waals surface area contributed by atoms with Gasteiger partial charge in [-0.2, -0.15) is 0 Å². The van der Waals surface area contributed by atoms with Crippen LogP contribution >= 0.6 is 0 Å². The monoisotopic (exact) mass is 245 g/mol. The standard InChI is InChI=1S/C14H17NO.C2H6/c1-15-9-8-11-6-7-13-12(10-11)4-3-5-14(13)16-2;1-2/h3-7,10,15H,8-9H2,1-2H3;1-2H3. The average Bonchev–Trinajstić information content (AvgIpc) is 2.46. The van der Waals surface area contributed by atoms with Crippen molar-refractivity contribution < 1.29 is 4.74 Å². The summed E-state index contributed by atoms with van der Waals surface area (Å²) in [5.41, 5.74) is 1.36. The van der Waals surface area contributed by atoms with E-state index < -0.39 is 0 Å². The van der Waals surface area contributed by atoms with E-state index in [4.69, 9.17) is 4.74 Å². The van der Waals surface area contributed by atoms with E-state index in [1.807, 2.05) is 33.0 Å². The number of methoxy groups -OCH3 is 1. The highest BCUT2D eigenvalue weighted by molar-refractivity contribution is 5.88. The number of hydrogen-bond donors (Lipinski definition) is 1. The van der Waals surface area contributed by atoms with Gasteiger partial charge in [0.25, 0.3) is 0 Å². The van der Waals surface area contributed by atoms with E-state index in [0.29, 0.717) is 0 Å². The Morgan fingerprint density at radius 2 is 1.89 bits per heavy atom. The lowest BCUT2D eigenvalue weighted by atomic mass is 10.0. The SMILES string of the molecule is CC.CNCCc1ccc2c(OC)cccc2c1. The minimum atomic E-state index is 0.942. The fourth-order valence-electron chi connectivity index (χ4n) is 1.91. The quantitative estimate of drug-likeness (QED) is 0.888. The topological polar surface area (TPSA) is 21.3 Å². The van der Waals surface area contributed by atoms with Crippen molar-refractivity contribution in [1.82, 2.24) is 5.32 Å². The molecule has 98 valence electrons. The van der Waals surface area contributed by atoms with E-state index in [0.717, 1.165) is 18.7 Å². The largest absolute Gasteiger partial charge is 0.496 e. The van der Waals surface area contributed by atoms with Crippen molar-refractivity contribution in [1.29, 1.82) is 0 Å². The maximum absolute atomic E-state index is 5.34. The molecule has 0 fully saturated rings. The molecule has 2 nitrogen and oxygen atoms in total. The van der Waals surface area contributed by atoms with E-state index in [1.165, 1.54) is 16.3 Å². The number of nitrogens with one attached hydrogen (secondary N) is 1. The van der Waals surface area contributed by atoms with Crippen LogP contribution in [0.2, 0.25) is 0 Å². The lowest BCUT2D eigenvalue weighted by molar-refractivity contribution is 0.420. The molecule has 2 aromatic rings. The maximum atomic E-state index is 5.34. The Bertz CT molecular complexity index is 479. The van der Waals surface area contributed by atoms with Gasteiger partial charge in [-0.25, -0.2) is 0 Å². The second-order valence-electron chi connectivity index (χ2n) is 3.87. The third-order valence-electron chi connectivity index (χ3n) is 2.79. The van der Waals surface area contributed by atoms with E-state index in [-0.39, 0.29) is 0 Å². The number of ether oxygens (including phenoxy) is 1. The van der Waals surface area contributed by atoms with Crippen LogP contribution in [0.4, 0.5) is 0 Å². The first-order valence-corrected chi connectivity index (χ1v) is 6.55. The van der Waals surface area contributed by atoms with Crippen molar-refractivity contribution in [2.75, 3.05) is 20.7 Å². The Hall–Kier alpha value is -1.54. The Morgan fingerprint density at radius 1 is 1.11 bits per heavy atom. The van der Waals surface area contributed by atoms with Crippen LogP contribution in [0.5, 0.6) is 5.75 Å². The first-order chi connectivity index (χ1) is 8.85. The van der Waals surface area contributed by atoms with Crippen molar-refractivity contribution >= 4 is 10.8 Å². The summed E-state index contributed by atoms with van der Waals surface area (Å²) in [5, 5.41) is 5.58. The van der Waals surface area contributed by atoms with Gasteiger partial charge in [-0.05, 0) is 37.0 Å². The number of hydrogen-bond acceptors (Lipinski definition) is 2. The number of fused-ring (bicyclic) bond motifs is 1. The Kier molecular flexibility index (Phi) is 6.23. The molecule has 0 unspecified atom stereocenters. The zero-order chi connectivity index (χ0) is 13.4. The maximum Gasteiger partial charge on any atom is 0.126 e. The molecule has 2 rings (SSSR count). The van der Waals surface area contributed by atoms with E-state index in [2.05, 4.69) is 29.6 Å². The van der Waals surface area contributed by atoms with Crippen LogP contribution in [-0.4, -0.2) is 20.7 Å². The molecule has 18 heavy (non-hydrogen) atoms. The second kappa shape index (κ2) is 7.72. The van der Waals surface area contributed by atoms with Crippen LogP contribution in [-0.2, 0) is 6.42 Å². The third-order valence-corrected chi connectivity index (χ3v) is 2.79. The van der Waals surface area contributed by atoms with Crippen LogP contribution < -0.4 is 10.1 Å². The van der Waals surface area contributed by atoms with Gasteiger partial charge in [-0.1, -0.05) is 44.2 Å². The van der Waals surface area contributed by atoms with Gasteiger partial charge in [0, 0.05) is 5.39 Å². The summed E-state index contributed by atoms with van der Waals surface area (Å²) in [6.45, 7) is 5.01. The molecule has 0 bridgehead atoms. The summed E-state index contributed by atoms with van der Waals surface area (Å²) in [6, 6.07) is 12.7. The van der Waals surface area contributed by atoms with Gasteiger partial charge < -0.3 is 10.1 Å². The highest BCUT2D eigenvalue weighted by atomic mass is 16.5. The molecule has 0 aliphatic carbocycles. The molecule has 0 amide bonds. The van der Waals surface area contributed by atoms with Gasteiger partial charge in [0.2, 0.25) is 0 Å². The number of rotatable bonds is 4. The summed E-state index contributed by atoms with van der Waals surface area (Å²) < 4.78 is 5.34. The minimum Gasteiger partial charge on any atom is -0.496 e. The lowest BCUT2D eigenvalue weighted by Crippen LogP contribution is -2.10. The fourth-order valence-corrected chi connectivity index (χ4v) is 1.91. The van der Waals surface area contributed by atoms with Crippen molar-refractivity contribution in [3.05, 3.63) is 42.0 Å². The summed E-state index contributed by atoms with van der Waals surface area (Å²) in [7, 11) is 3.69. The van der Waals surface area contributed by atoms with E-state index in [1.54, 1.807) is 7.11 Å². The fraction of sp³-hybridized carbons (Fsp3) is 0.375. The second-order valence-corrected chi connectivity index (χ2v) is 3.87. The zero-order valence-corrected chi connectivity index (χ0v) is 11.8. The van der Waals surface area contributed by atoms with E-state index in [9.17, 15) is 0 Å². The third kappa shape index (κ3) is 3.47. The highest BCUT2D eigenvalue weighted by Gasteiger charge is 2.01. The predicted molar refractivity (Wildman–Crippen MR) is 79.5 cm³/mol. The Labute approximate surface area is 110 Å². The minimum absolute atomic E-state index is 0.942. The van der Waals surface area contributed by atoms with Crippen molar-refractivity contribution in [3.63, 3.8) is 0 Å². The van der Waals surface area contributed by atoms with Crippen LogP contribution in [0, 0.1) is 0 Å². The molecular formula is C16H23NO. The van der Waals surface area contributed by atoms with Gasteiger partial charge in [0.1, 0.15) is 5.75 Å². The molecule has 0 aliphatic heterocycles. The first-order valence-electron chi connectivity index (χ1n) is 6.55. The molecule has 0 spiro atoms. The van der Waals surface area contributed by atoms with Crippen LogP contribution in [0.15, 0.2) is 36.4 Å². The summed E-state index contributed by atoms with van der Waals surface area (Å²) in [6.07, 6.45) is 1.06. The molecule has 0 saturated carbocycles. The average molecular weight is 245 g/mol. The lowest BCUT2D eigenvalue weighted by Gasteiger charge is -2.07. The normalized spacial score (nSPS) is 9.78. The van der Waals surface area contributed by atoms with Crippen molar-refractivity contribution in [2.24, 2.45) is 0 Å². The summed E-state index contributed by atoms with van der Waals surface area (Å²) in [5.74, 6) is 0.942. The van der Waals surface area contributed by atoms with Gasteiger partial charge in [0.05, 0.1) is 7.11 Å². The molecule has 0 radical (unpaired) electrons. The van der Waals surface area contributed by atoms with Gasteiger partial charge >= 0.3 is 0 Å². The van der Waals surface area contributed by atoms with Crippen molar-refractivity contribution in [3.8, 4) is 5.75 Å². The Morgan fingerprint density at radius 3 is 2.56 bits per heavy atom. The number of likely N-dealkylation sites (N-methyl/N-ethyl adjacent to an activating group) is 1. The van der Waals surface area contributed by atoms with Gasteiger partial charge in [-0.3, -0.25) is 0 Å². The summed E-state index contributed by atoms with van der Waals surface area (Å²) >= 11 is 0. The Balaban J connectivity index is 0.000000771.